The number of oxime groups is 1. The molecule has 1 heterocycles. The Kier molecular flexibility index (Phi) is 2.25. The van der Waals surface area contributed by atoms with Gasteiger partial charge in [0, 0.05) is 7.05 Å². The first-order chi connectivity index (χ1) is 6.34. The summed E-state index contributed by atoms with van der Waals surface area (Å²) >= 11 is 0. The van der Waals surface area contributed by atoms with E-state index in [1.165, 1.54) is 11.2 Å². The topological polar surface area (TPSA) is 52.3 Å². The smallest absolute Gasteiger partial charge is 0.127 e. The van der Waals surface area contributed by atoms with Crippen LogP contribution in [0.2, 0.25) is 0 Å². The first kappa shape index (κ1) is 8.22. The van der Waals surface area contributed by atoms with Gasteiger partial charge in [0.05, 0.1) is 12.4 Å². The van der Waals surface area contributed by atoms with Crippen molar-refractivity contribution in [2.45, 2.75) is 25.4 Å². The van der Waals surface area contributed by atoms with Gasteiger partial charge in [-0.15, -0.1) is 0 Å². The van der Waals surface area contributed by atoms with Crippen LogP contribution in [0.15, 0.2) is 11.4 Å². The van der Waals surface area contributed by atoms with Gasteiger partial charge in [-0.2, -0.15) is 15.0 Å². The molecule has 1 aliphatic carbocycles. The summed E-state index contributed by atoms with van der Waals surface area (Å²) in [5.74, 6) is 0. The molecule has 1 aromatic heterocycles. The third kappa shape index (κ3) is 2.05. The molecule has 1 fully saturated rings. The van der Waals surface area contributed by atoms with Crippen LogP contribution in [0.1, 0.15) is 25.0 Å². The maximum atomic E-state index is 5.18. The molecular weight excluding hydrogens is 168 g/mol. The Bertz CT molecular complexity index is 303. The van der Waals surface area contributed by atoms with Crippen molar-refractivity contribution in [3.63, 3.8) is 0 Å². The molecule has 2 rings (SSSR count). The van der Waals surface area contributed by atoms with Crippen LogP contribution in [0, 0.1) is 0 Å². The molecule has 0 radical (unpaired) electrons. The predicted octanol–water partition coefficient (Wildman–Crippen LogP) is 0.718. The number of hydrogen-bond donors (Lipinski definition) is 0. The van der Waals surface area contributed by atoms with Gasteiger partial charge < -0.3 is 4.84 Å². The maximum absolute atomic E-state index is 5.18. The molecule has 1 aliphatic rings. The van der Waals surface area contributed by atoms with Gasteiger partial charge in [0.2, 0.25) is 0 Å². The Hall–Kier alpha value is -1.39. The van der Waals surface area contributed by atoms with E-state index in [-0.39, 0.29) is 0 Å². The Morgan fingerprint density at radius 3 is 3.08 bits per heavy atom. The van der Waals surface area contributed by atoms with Crippen LogP contribution in [-0.2, 0) is 11.9 Å². The summed E-state index contributed by atoms with van der Waals surface area (Å²) in [6.07, 6.45) is 7.06. The van der Waals surface area contributed by atoms with Crippen molar-refractivity contribution < 1.29 is 4.84 Å². The molecule has 0 bridgehead atoms. The van der Waals surface area contributed by atoms with Crippen LogP contribution in [0.4, 0.5) is 0 Å². The average Bonchev–Trinajstić information content (AvgIpc) is 2.42. The number of aryl methyl sites for hydroxylation is 1. The predicted molar refractivity (Wildman–Crippen MR) is 47.3 cm³/mol. The fraction of sp³-hybridized carbons (Fsp3) is 0.625. The highest BCUT2D eigenvalue weighted by atomic mass is 16.6. The van der Waals surface area contributed by atoms with E-state index in [2.05, 4.69) is 15.4 Å². The van der Waals surface area contributed by atoms with E-state index in [0.717, 1.165) is 18.5 Å². The summed E-state index contributed by atoms with van der Waals surface area (Å²) in [4.78, 5) is 6.67. The fourth-order valence-electron chi connectivity index (χ4n) is 1.07. The summed E-state index contributed by atoms with van der Waals surface area (Å²) in [7, 11) is 1.77. The molecule has 0 atom stereocenters. The minimum atomic E-state index is 0.327. The molecule has 0 amide bonds. The quantitative estimate of drug-likeness (QED) is 0.508. The lowest BCUT2D eigenvalue weighted by molar-refractivity contribution is 0.00696. The van der Waals surface area contributed by atoms with Gasteiger partial charge in [0.15, 0.2) is 0 Å². The van der Waals surface area contributed by atoms with Gasteiger partial charge in [-0.3, -0.25) is 0 Å². The molecule has 0 spiro atoms. The first-order valence-electron chi connectivity index (χ1n) is 4.40. The van der Waals surface area contributed by atoms with Crippen LogP contribution in [0.5, 0.6) is 0 Å². The van der Waals surface area contributed by atoms with Crippen molar-refractivity contribution in [3.05, 3.63) is 11.9 Å². The van der Waals surface area contributed by atoms with Crippen molar-refractivity contribution >= 4 is 6.21 Å². The van der Waals surface area contributed by atoms with Crippen molar-refractivity contribution in [2.24, 2.45) is 12.2 Å². The second-order valence-corrected chi connectivity index (χ2v) is 3.15. The SMILES string of the molecule is Cn1ncc(/C=N/OC2CCC2)n1. The van der Waals surface area contributed by atoms with E-state index in [9.17, 15) is 0 Å². The lowest BCUT2D eigenvalue weighted by Gasteiger charge is -2.22. The summed E-state index contributed by atoms with van der Waals surface area (Å²) in [6, 6.07) is 0. The van der Waals surface area contributed by atoms with Crippen LogP contribution in [-0.4, -0.2) is 27.3 Å². The fourth-order valence-corrected chi connectivity index (χ4v) is 1.07. The van der Waals surface area contributed by atoms with Crippen molar-refractivity contribution in [1.82, 2.24) is 15.0 Å². The lowest BCUT2D eigenvalue weighted by atomic mass is 9.97. The number of rotatable bonds is 3. The summed E-state index contributed by atoms with van der Waals surface area (Å²) in [6.45, 7) is 0. The lowest BCUT2D eigenvalue weighted by Crippen LogP contribution is -2.18. The van der Waals surface area contributed by atoms with Gasteiger partial charge in [0.25, 0.3) is 0 Å². The monoisotopic (exact) mass is 180 g/mol. The molecule has 5 heteroatoms. The van der Waals surface area contributed by atoms with Crippen molar-refractivity contribution in [2.75, 3.05) is 0 Å². The van der Waals surface area contributed by atoms with Gasteiger partial charge in [-0.05, 0) is 19.3 Å². The average molecular weight is 180 g/mol. The maximum Gasteiger partial charge on any atom is 0.127 e. The molecule has 13 heavy (non-hydrogen) atoms. The molecule has 70 valence electrons. The summed E-state index contributed by atoms with van der Waals surface area (Å²) in [5, 5.41) is 11.8. The summed E-state index contributed by atoms with van der Waals surface area (Å²) < 4.78 is 0. The van der Waals surface area contributed by atoms with Gasteiger partial charge in [-0.25, -0.2) is 0 Å². The highest BCUT2D eigenvalue weighted by Gasteiger charge is 2.18. The zero-order valence-corrected chi connectivity index (χ0v) is 7.55. The van der Waals surface area contributed by atoms with E-state index in [0.29, 0.717) is 6.10 Å². The van der Waals surface area contributed by atoms with Crippen LogP contribution < -0.4 is 0 Å². The molecule has 0 N–H and O–H groups in total. The summed E-state index contributed by atoms with van der Waals surface area (Å²) in [5.41, 5.74) is 0.724. The third-order valence-corrected chi connectivity index (χ3v) is 2.06. The minimum Gasteiger partial charge on any atom is -0.392 e. The molecule has 1 saturated carbocycles. The second kappa shape index (κ2) is 3.55. The molecule has 1 aromatic rings. The first-order valence-corrected chi connectivity index (χ1v) is 4.40. The van der Waals surface area contributed by atoms with Gasteiger partial charge in [-0.1, -0.05) is 5.16 Å². The molecule has 0 aromatic carbocycles. The standard InChI is InChI=1S/C8H12N4O/c1-12-9-5-7(11-12)6-10-13-8-3-2-4-8/h5-6,8H,2-4H2,1H3/b10-6+. The Balaban J connectivity index is 1.82. The third-order valence-electron chi connectivity index (χ3n) is 2.06. The number of nitrogens with zero attached hydrogens (tertiary/aromatic N) is 4. The highest BCUT2D eigenvalue weighted by molar-refractivity contribution is 5.75. The largest absolute Gasteiger partial charge is 0.392 e. The van der Waals surface area contributed by atoms with E-state index >= 15 is 0 Å². The van der Waals surface area contributed by atoms with Gasteiger partial charge in [0.1, 0.15) is 11.8 Å². The van der Waals surface area contributed by atoms with Crippen LogP contribution in [0.3, 0.4) is 0 Å². The van der Waals surface area contributed by atoms with Crippen LogP contribution in [0.25, 0.3) is 0 Å². The second-order valence-electron chi connectivity index (χ2n) is 3.15. The minimum absolute atomic E-state index is 0.327. The number of aromatic nitrogens is 3. The molecule has 0 aliphatic heterocycles. The zero-order chi connectivity index (χ0) is 9.10. The molecule has 5 nitrogen and oxygen atoms in total. The van der Waals surface area contributed by atoms with E-state index in [1.807, 2.05) is 0 Å². The molecule has 0 unspecified atom stereocenters. The Labute approximate surface area is 76.4 Å². The van der Waals surface area contributed by atoms with E-state index < -0.39 is 0 Å². The zero-order valence-electron chi connectivity index (χ0n) is 7.55. The Morgan fingerprint density at radius 2 is 2.54 bits per heavy atom. The normalized spacial score (nSPS) is 17.6. The van der Waals surface area contributed by atoms with E-state index in [1.54, 1.807) is 19.5 Å². The van der Waals surface area contributed by atoms with Crippen molar-refractivity contribution in [3.8, 4) is 0 Å². The molecular formula is C8H12N4O. The Morgan fingerprint density at radius 1 is 1.69 bits per heavy atom. The van der Waals surface area contributed by atoms with Crippen molar-refractivity contribution in [1.29, 1.82) is 0 Å². The van der Waals surface area contributed by atoms with E-state index in [4.69, 9.17) is 4.84 Å². The molecule has 0 saturated heterocycles. The van der Waals surface area contributed by atoms with Crippen LogP contribution >= 0.6 is 0 Å². The number of hydrogen-bond acceptors (Lipinski definition) is 4. The highest BCUT2D eigenvalue weighted by Crippen LogP contribution is 2.21. The van der Waals surface area contributed by atoms with Gasteiger partial charge >= 0.3 is 0 Å².